The van der Waals surface area contributed by atoms with Gasteiger partial charge in [0.05, 0.1) is 13.2 Å². The van der Waals surface area contributed by atoms with Crippen LogP contribution in [0.15, 0.2) is 12.4 Å². The Morgan fingerprint density at radius 3 is 2.78 bits per heavy atom. The first-order valence-corrected chi connectivity index (χ1v) is 6.42. The summed E-state index contributed by atoms with van der Waals surface area (Å²) >= 11 is 0. The molecule has 1 aromatic heterocycles. The van der Waals surface area contributed by atoms with Gasteiger partial charge in [0.1, 0.15) is 5.82 Å². The largest absolute Gasteiger partial charge is 0.465 e. The summed E-state index contributed by atoms with van der Waals surface area (Å²) in [5, 5.41) is 0. The van der Waals surface area contributed by atoms with Crippen LogP contribution in [0.1, 0.15) is 26.6 Å². The number of carbonyl (C=O) groups is 1. The lowest BCUT2D eigenvalue weighted by atomic mass is 10.3. The van der Waals surface area contributed by atoms with Crippen molar-refractivity contribution in [1.29, 1.82) is 0 Å². The van der Waals surface area contributed by atoms with Crippen molar-refractivity contribution in [1.82, 2.24) is 14.5 Å². The van der Waals surface area contributed by atoms with Gasteiger partial charge in [0.2, 0.25) is 0 Å². The third-order valence-electron chi connectivity index (χ3n) is 2.92. The second kappa shape index (κ2) is 7.16. The Bertz CT molecular complexity index is 374. The average Bonchev–Trinajstić information content (AvgIpc) is 2.70. The van der Waals surface area contributed by atoms with Crippen LogP contribution in [-0.4, -0.2) is 46.2 Å². The molecule has 0 radical (unpaired) electrons. The summed E-state index contributed by atoms with van der Waals surface area (Å²) in [4.78, 5) is 17.8. The molecule has 5 heteroatoms. The molecule has 5 nitrogen and oxygen atoms in total. The smallest absolute Gasteiger partial charge is 0.320 e. The Kier molecular flexibility index (Phi) is 5.85. The summed E-state index contributed by atoms with van der Waals surface area (Å²) in [6, 6.07) is 0.318. The van der Waals surface area contributed by atoms with E-state index in [0.29, 0.717) is 19.2 Å². The molecular weight excluding hydrogens is 230 g/mol. The van der Waals surface area contributed by atoms with Crippen molar-refractivity contribution >= 4 is 5.97 Å². The van der Waals surface area contributed by atoms with Crippen LogP contribution in [0, 0.1) is 6.92 Å². The minimum Gasteiger partial charge on any atom is -0.465 e. The number of hydrogen-bond donors (Lipinski definition) is 0. The highest BCUT2D eigenvalue weighted by Crippen LogP contribution is 2.02. The molecule has 0 unspecified atom stereocenters. The minimum absolute atomic E-state index is 0.159. The molecule has 18 heavy (non-hydrogen) atoms. The van der Waals surface area contributed by atoms with E-state index in [0.717, 1.165) is 18.9 Å². The molecule has 1 heterocycles. The predicted molar refractivity (Wildman–Crippen MR) is 70.3 cm³/mol. The van der Waals surface area contributed by atoms with E-state index in [9.17, 15) is 4.79 Å². The Hall–Kier alpha value is -1.36. The number of ether oxygens (including phenoxy) is 1. The van der Waals surface area contributed by atoms with Crippen LogP contribution in [0.25, 0.3) is 0 Å². The molecular formula is C13H23N3O2. The number of imidazole rings is 1. The van der Waals surface area contributed by atoms with Crippen molar-refractivity contribution < 1.29 is 9.53 Å². The van der Waals surface area contributed by atoms with Gasteiger partial charge in [-0.05, 0) is 27.7 Å². The van der Waals surface area contributed by atoms with Crippen molar-refractivity contribution in [3.8, 4) is 0 Å². The molecule has 0 aliphatic carbocycles. The molecule has 0 spiro atoms. The zero-order chi connectivity index (χ0) is 13.5. The predicted octanol–water partition coefficient (Wildman–Crippen LogP) is 1.47. The third kappa shape index (κ3) is 4.49. The van der Waals surface area contributed by atoms with E-state index in [2.05, 4.69) is 28.3 Å². The first-order chi connectivity index (χ1) is 8.54. The van der Waals surface area contributed by atoms with Crippen molar-refractivity contribution in [2.24, 2.45) is 0 Å². The number of carbonyl (C=O) groups excluding carboxylic acids is 1. The van der Waals surface area contributed by atoms with Crippen LogP contribution in [0.4, 0.5) is 0 Å². The molecule has 0 fully saturated rings. The molecule has 0 N–H and O–H groups in total. The molecule has 0 amide bonds. The number of aromatic nitrogens is 2. The van der Waals surface area contributed by atoms with Crippen molar-refractivity contribution in [3.63, 3.8) is 0 Å². The second-order valence-corrected chi connectivity index (χ2v) is 4.54. The quantitative estimate of drug-likeness (QED) is 0.690. The maximum Gasteiger partial charge on any atom is 0.320 e. The van der Waals surface area contributed by atoms with E-state index < -0.39 is 0 Å². The van der Waals surface area contributed by atoms with Crippen LogP contribution in [0.2, 0.25) is 0 Å². The fraction of sp³-hybridized carbons (Fsp3) is 0.692. The summed E-state index contributed by atoms with van der Waals surface area (Å²) < 4.78 is 7.07. The fourth-order valence-electron chi connectivity index (χ4n) is 1.77. The Morgan fingerprint density at radius 1 is 1.56 bits per heavy atom. The number of hydrogen-bond acceptors (Lipinski definition) is 4. The van der Waals surface area contributed by atoms with Crippen LogP contribution in [-0.2, 0) is 16.1 Å². The van der Waals surface area contributed by atoms with Crippen LogP contribution in [0.5, 0.6) is 0 Å². The highest BCUT2D eigenvalue weighted by molar-refractivity contribution is 5.71. The lowest BCUT2D eigenvalue weighted by Crippen LogP contribution is -2.38. The maximum absolute atomic E-state index is 11.5. The van der Waals surface area contributed by atoms with Crippen molar-refractivity contribution in [3.05, 3.63) is 18.2 Å². The van der Waals surface area contributed by atoms with Gasteiger partial charge >= 0.3 is 5.97 Å². The van der Waals surface area contributed by atoms with Crippen LogP contribution < -0.4 is 0 Å². The van der Waals surface area contributed by atoms with Crippen LogP contribution >= 0.6 is 0 Å². The summed E-state index contributed by atoms with van der Waals surface area (Å²) in [6.45, 7) is 10.4. The topological polar surface area (TPSA) is 47.4 Å². The van der Waals surface area contributed by atoms with E-state index in [4.69, 9.17) is 4.74 Å². The van der Waals surface area contributed by atoms with E-state index in [1.165, 1.54) is 0 Å². The van der Waals surface area contributed by atoms with E-state index in [-0.39, 0.29) is 5.97 Å². The van der Waals surface area contributed by atoms with Gasteiger partial charge in [0.15, 0.2) is 0 Å². The van der Waals surface area contributed by atoms with Gasteiger partial charge in [-0.1, -0.05) is 0 Å². The van der Waals surface area contributed by atoms with Gasteiger partial charge in [-0.2, -0.15) is 0 Å². The summed E-state index contributed by atoms with van der Waals surface area (Å²) in [5.74, 6) is 0.836. The fourth-order valence-corrected chi connectivity index (χ4v) is 1.77. The van der Waals surface area contributed by atoms with Gasteiger partial charge in [-0.15, -0.1) is 0 Å². The summed E-state index contributed by atoms with van der Waals surface area (Å²) in [6.07, 6.45) is 3.75. The molecule has 0 aromatic carbocycles. The maximum atomic E-state index is 11.5. The Morgan fingerprint density at radius 2 is 2.28 bits per heavy atom. The van der Waals surface area contributed by atoms with Gasteiger partial charge in [-0.3, -0.25) is 9.69 Å². The molecule has 0 bridgehead atoms. The molecule has 0 saturated carbocycles. The lowest BCUT2D eigenvalue weighted by Gasteiger charge is -2.25. The Balaban J connectivity index is 2.48. The average molecular weight is 253 g/mol. The molecule has 102 valence electrons. The SMILES string of the molecule is CCOC(=O)CN(CCn1ccnc1C)C(C)C. The number of aryl methyl sites for hydroxylation is 1. The first kappa shape index (κ1) is 14.7. The zero-order valence-electron chi connectivity index (χ0n) is 11.7. The van der Waals surface area contributed by atoms with E-state index in [1.54, 1.807) is 6.20 Å². The zero-order valence-corrected chi connectivity index (χ0v) is 11.7. The molecule has 0 aliphatic rings. The van der Waals surface area contributed by atoms with E-state index in [1.807, 2.05) is 20.0 Å². The normalized spacial score (nSPS) is 11.2. The first-order valence-electron chi connectivity index (χ1n) is 6.42. The summed E-state index contributed by atoms with van der Waals surface area (Å²) in [7, 11) is 0. The molecule has 1 aromatic rings. The highest BCUT2D eigenvalue weighted by Gasteiger charge is 2.14. The highest BCUT2D eigenvalue weighted by atomic mass is 16.5. The number of rotatable bonds is 7. The monoisotopic (exact) mass is 253 g/mol. The van der Waals surface area contributed by atoms with Gasteiger partial charge in [0, 0.05) is 31.5 Å². The lowest BCUT2D eigenvalue weighted by molar-refractivity contribution is -0.144. The van der Waals surface area contributed by atoms with Crippen LogP contribution in [0.3, 0.4) is 0 Å². The van der Waals surface area contributed by atoms with Gasteiger partial charge in [-0.25, -0.2) is 4.98 Å². The molecule has 0 aliphatic heterocycles. The van der Waals surface area contributed by atoms with Crippen molar-refractivity contribution in [2.75, 3.05) is 19.7 Å². The van der Waals surface area contributed by atoms with Gasteiger partial charge in [0.25, 0.3) is 0 Å². The Labute approximate surface area is 109 Å². The molecule has 0 saturated heterocycles. The summed E-state index contributed by atoms with van der Waals surface area (Å²) in [5.41, 5.74) is 0. The standard InChI is InChI=1S/C13H23N3O2/c1-5-18-13(17)10-16(11(2)3)9-8-15-7-6-14-12(15)4/h6-7,11H,5,8-10H2,1-4H3. The van der Waals surface area contributed by atoms with Crippen molar-refractivity contribution in [2.45, 2.75) is 40.3 Å². The van der Waals surface area contributed by atoms with E-state index >= 15 is 0 Å². The minimum atomic E-state index is -0.159. The van der Waals surface area contributed by atoms with Gasteiger partial charge < -0.3 is 9.30 Å². The molecule has 0 atom stereocenters. The molecule has 1 rings (SSSR count). The number of esters is 1. The number of nitrogens with zero attached hydrogens (tertiary/aromatic N) is 3. The third-order valence-corrected chi connectivity index (χ3v) is 2.92. The second-order valence-electron chi connectivity index (χ2n) is 4.54.